The fraction of sp³-hybridized carbons (Fsp3) is 0.808. The Hall–Kier alpha value is -2.87. The van der Waals surface area contributed by atoms with Crippen LogP contribution in [0.1, 0.15) is 74.1 Å². The lowest BCUT2D eigenvalue weighted by Crippen LogP contribution is -2.58. The van der Waals surface area contributed by atoms with Gasteiger partial charge in [0, 0.05) is 32.0 Å². The van der Waals surface area contributed by atoms with Crippen molar-refractivity contribution in [3.05, 3.63) is 0 Å². The minimum absolute atomic E-state index is 0.124. The third-order valence-electron chi connectivity index (χ3n) is 6.34. The van der Waals surface area contributed by atoms with E-state index in [1.165, 1.54) is 4.90 Å². The highest BCUT2D eigenvalue weighted by Gasteiger charge is 2.46. The van der Waals surface area contributed by atoms with Crippen LogP contribution in [0.5, 0.6) is 0 Å². The van der Waals surface area contributed by atoms with Gasteiger partial charge in [-0.1, -0.05) is 27.7 Å². The summed E-state index contributed by atoms with van der Waals surface area (Å²) in [6.45, 7) is 13.9. The smallest absolute Gasteiger partial charge is 0.408 e. The molecule has 4 amide bonds. The Balaban J connectivity index is 2.22. The van der Waals surface area contributed by atoms with E-state index in [1.54, 1.807) is 20.8 Å². The minimum Gasteiger partial charge on any atom is -0.444 e. The third-order valence-corrected chi connectivity index (χ3v) is 6.34. The van der Waals surface area contributed by atoms with Crippen molar-refractivity contribution in [3.63, 3.8) is 0 Å². The molecular weight excluding hydrogens is 478 g/mol. The van der Waals surface area contributed by atoms with E-state index < -0.39 is 47.0 Å². The number of amides is 4. The lowest BCUT2D eigenvalue weighted by atomic mass is 9.85. The van der Waals surface area contributed by atoms with Crippen molar-refractivity contribution >= 4 is 23.8 Å². The molecule has 2 rings (SSSR count). The second-order valence-electron chi connectivity index (χ2n) is 11.9. The van der Waals surface area contributed by atoms with Gasteiger partial charge in [-0.05, 0) is 45.4 Å². The van der Waals surface area contributed by atoms with Crippen LogP contribution in [0.15, 0.2) is 0 Å². The van der Waals surface area contributed by atoms with Crippen LogP contribution >= 0.6 is 0 Å². The normalized spacial score (nSPS) is 23.6. The first-order chi connectivity index (χ1) is 17.2. The molecule has 11 heteroatoms. The maximum Gasteiger partial charge on any atom is 0.408 e. The maximum absolute atomic E-state index is 13.8. The van der Waals surface area contributed by atoms with E-state index in [4.69, 9.17) is 9.47 Å². The summed E-state index contributed by atoms with van der Waals surface area (Å²) in [6.07, 6.45) is 0.781. The summed E-state index contributed by atoms with van der Waals surface area (Å²) < 4.78 is 11.2. The predicted octanol–water partition coefficient (Wildman–Crippen LogP) is 1.86. The van der Waals surface area contributed by atoms with Crippen LogP contribution in [0.25, 0.3) is 0 Å². The molecule has 1 unspecified atom stereocenters. The standard InChI is InChI=1S/C26H43N5O6/c1-8-11-36-18-13-19(22(33)29-17(14-27)12-16-9-10-28-21(16)32)31(15-18)23(34)20(25(2,3)4)30-24(35)37-26(5,6)7/h16-20H,8-13,15H2,1-7H3,(H,28,32)(H,29,33)(H,30,35)/t16-,17?,18+,19-,20+/m0/s1. The molecule has 0 bridgehead atoms. The quantitative estimate of drug-likeness (QED) is 0.419. The minimum atomic E-state index is -0.962. The van der Waals surface area contributed by atoms with Crippen molar-refractivity contribution in [3.8, 4) is 6.07 Å². The Morgan fingerprint density at radius 3 is 2.38 bits per heavy atom. The topological polar surface area (TPSA) is 150 Å². The first kappa shape index (κ1) is 30.4. The summed E-state index contributed by atoms with van der Waals surface area (Å²) in [4.78, 5) is 53.1. The number of hydrogen-bond donors (Lipinski definition) is 3. The monoisotopic (exact) mass is 521 g/mol. The molecule has 2 aliphatic heterocycles. The molecule has 0 aromatic carbocycles. The number of hydrogen-bond acceptors (Lipinski definition) is 7. The molecular formula is C26H43N5O6. The van der Waals surface area contributed by atoms with Gasteiger partial charge in [-0.3, -0.25) is 14.4 Å². The summed E-state index contributed by atoms with van der Waals surface area (Å²) in [5.74, 6) is -1.37. The average molecular weight is 522 g/mol. The number of rotatable bonds is 9. The molecule has 2 heterocycles. The number of ether oxygens (including phenoxy) is 2. The van der Waals surface area contributed by atoms with E-state index in [0.29, 0.717) is 19.6 Å². The molecule has 0 aromatic heterocycles. The van der Waals surface area contributed by atoms with E-state index in [0.717, 1.165) is 6.42 Å². The third kappa shape index (κ3) is 8.88. The number of carbonyl (C=O) groups excluding carboxylic acids is 4. The Labute approximate surface area is 220 Å². The second kappa shape index (κ2) is 12.6. The van der Waals surface area contributed by atoms with Crippen LogP contribution in [0.4, 0.5) is 4.79 Å². The first-order valence-corrected chi connectivity index (χ1v) is 13.1. The van der Waals surface area contributed by atoms with E-state index in [2.05, 4.69) is 22.0 Å². The summed E-state index contributed by atoms with van der Waals surface area (Å²) in [7, 11) is 0. The van der Waals surface area contributed by atoms with Crippen LogP contribution < -0.4 is 16.0 Å². The van der Waals surface area contributed by atoms with Gasteiger partial charge in [0.25, 0.3) is 0 Å². The number of likely N-dealkylation sites (tertiary alicyclic amines) is 1. The van der Waals surface area contributed by atoms with Crippen LogP contribution in [0, 0.1) is 22.7 Å². The van der Waals surface area contributed by atoms with Crippen molar-refractivity contribution in [2.45, 2.75) is 104 Å². The van der Waals surface area contributed by atoms with Crippen molar-refractivity contribution in [1.82, 2.24) is 20.9 Å². The predicted molar refractivity (Wildman–Crippen MR) is 136 cm³/mol. The molecule has 0 spiro atoms. The lowest BCUT2D eigenvalue weighted by molar-refractivity contribution is -0.142. The SMILES string of the molecule is CCCO[C@@H]1C[C@@H](C(=O)NC(C#N)C[C@@H]2CCNC2=O)N(C(=O)[C@@H](NC(=O)OC(C)(C)C)C(C)(C)C)C1. The van der Waals surface area contributed by atoms with Gasteiger partial charge in [-0.25, -0.2) is 4.79 Å². The van der Waals surface area contributed by atoms with Crippen molar-refractivity contribution < 1.29 is 28.7 Å². The van der Waals surface area contributed by atoms with E-state index in [1.807, 2.05) is 27.7 Å². The van der Waals surface area contributed by atoms with Gasteiger partial charge >= 0.3 is 6.09 Å². The Bertz CT molecular complexity index is 887. The number of alkyl carbamates (subject to hydrolysis) is 1. The molecule has 0 radical (unpaired) electrons. The summed E-state index contributed by atoms with van der Waals surface area (Å²) in [5, 5.41) is 17.8. The molecule has 37 heavy (non-hydrogen) atoms. The molecule has 11 nitrogen and oxygen atoms in total. The second-order valence-corrected chi connectivity index (χ2v) is 11.9. The van der Waals surface area contributed by atoms with Crippen LogP contribution in [0.3, 0.4) is 0 Å². The summed E-state index contributed by atoms with van der Waals surface area (Å²) in [5.41, 5.74) is -1.42. The molecule has 5 atom stereocenters. The van der Waals surface area contributed by atoms with E-state index >= 15 is 0 Å². The van der Waals surface area contributed by atoms with Gasteiger partial charge in [0.15, 0.2) is 0 Å². The summed E-state index contributed by atoms with van der Waals surface area (Å²) in [6, 6.07) is -0.643. The van der Waals surface area contributed by atoms with Gasteiger partial charge in [0.2, 0.25) is 17.7 Å². The number of carbonyl (C=O) groups is 4. The Morgan fingerprint density at radius 1 is 1.19 bits per heavy atom. The molecule has 0 aliphatic carbocycles. The molecule has 208 valence electrons. The zero-order chi connectivity index (χ0) is 28.0. The van der Waals surface area contributed by atoms with Crippen molar-refractivity contribution in [2.75, 3.05) is 19.7 Å². The molecule has 2 saturated heterocycles. The molecule has 0 saturated carbocycles. The van der Waals surface area contributed by atoms with Gasteiger partial charge in [-0.2, -0.15) is 5.26 Å². The number of nitrogens with one attached hydrogen (secondary N) is 3. The molecule has 2 fully saturated rings. The Morgan fingerprint density at radius 2 is 1.86 bits per heavy atom. The largest absolute Gasteiger partial charge is 0.444 e. The first-order valence-electron chi connectivity index (χ1n) is 13.1. The number of nitrogens with zero attached hydrogens (tertiary/aromatic N) is 2. The van der Waals surface area contributed by atoms with Crippen molar-refractivity contribution in [1.29, 1.82) is 5.26 Å². The van der Waals surface area contributed by atoms with E-state index in [-0.39, 0.29) is 37.3 Å². The zero-order valence-corrected chi connectivity index (χ0v) is 23.2. The number of nitriles is 1. The van der Waals surface area contributed by atoms with Crippen LogP contribution in [-0.2, 0) is 23.9 Å². The summed E-state index contributed by atoms with van der Waals surface area (Å²) >= 11 is 0. The molecule has 3 N–H and O–H groups in total. The highest BCUT2D eigenvalue weighted by Crippen LogP contribution is 2.28. The maximum atomic E-state index is 13.8. The fourth-order valence-corrected chi connectivity index (χ4v) is 4.50. The van der Waals surface area contributed by atoms with Crippen LogP contribution in [0.2, 0.25) is 0 Å². The average Bonchev–Trinajstić information content (AvgIpc) is 3.39. The van der Waals surface area contributed by atoms with E-state index in [9.17, 15) is 24.4 Å². The van der Waals surface area contributed by atoms with Gasteiger partial charge in [-0.15, -0.1) is 0 Å². The van der Waals surface area contributed by atoms with Gasteiger partial charge in [0.1, 0.15) is 23.7 Å². The molecule has 0 aromatic rings. The highest BCUT2D eigenvalue weighted by atomic mass is 16.6. The van der Waals surface area contributed by atoms with Crippen molar-refractivity contribution in [2.24, 2.45) is 11.3 Å². The lowest BCUT2D eigenvalue weighted by Gasteiger charge is -2.35. The zero-order valence-electron chi connectivity index (χ0n) is 23.2. The highest BCUT2D eigenvalue weighted by molar-refractivity contribution is 5.92. The fourth-order valence-electron chi connectivity index (χ4n) is 4.50. The van der Waals surface area contributed by atoms with Crippen LogP contribution in [-0.4, -0.2) is 78.2 Å². The molecule has 2 aliphatic rings. The van der Waals surface area contributed by atoms with Gasteiger partial charge in [0.05, 0.1) is 12.2 Å². The Kier molecular flexibility index (Phi) is 10.3. The van der Waals surface area contributed by atoms with Gasteiger partial charge < -0.3 is 30.3 Å².